The van der Waals surface area contributed by atoms with E-state index in [0.29, 0.717) is 17.1 Å². The van der Waals surface area contributed by atoms with Gasteiger partial charge < -0.3 is 5.32 Å². The lowest BCUT2D eigenvalue weighted by molar-refractivity contribution is -0.692. The van der Waals surface area contributed by atoms with Crippen molar-refractivity contribution in [2.75, 3.05) is 6.54 Å². The number of hydrogen-bond acceptors (Lipinski definition) is 4. The van der Waals surface area contributed by atoms with E-state index in [9.17, 15) is 14.9 Å². The topological polar surface area (TPSA) is 76.1 Å². The van der Waals surface area contributed by atoms with Crippen LogP contribution >= 0.6 is 12.2 Å². The Kier molecular flexibility index (Phi) is 6.91. The maximum Gasteiger partial charge on any atom is 0.270 e. The molecule has 0 spiro atoms. The maximum atomic E-state index is 13.0. The Balaban J connectivity index is 2.35. The van der Waals surface area contributed by atoms with Crippen molar-refractivity contribution >= 4 is 28.7 Å². The number of pyridine rings is 1. The van der Waals surface area contributed by atoms with Crippen LogP contribution < -0.4 is 9.88 Å². The van der Waals surface area contributed by atoms with Crippen molar-refractivity contribution in [3.8, 4) is 0 Å². The number of rotatable bonds is 8. The molecule has 0 saturated heterocycles. The Morgan fingerprint density at radius 3 is 2.31 bits per heavy atom. The minimum Gasteiger partial charge on any atom is -0.374 e. The molecular formula is C19H22N3O3S+. The Morgan fingerprint density at radius 1 is 1.19 bits per heavy atom. The van der Waals surface area contributed by atoms with Crippen molar-refractivity contribution in [3.05, 3.63) is 70.0 Å². The highest BCUT2D eigenvalue weighted by Crippen LogP contribution is 2.16. The summed E-state index contributed by atoms with van der Waals surface area (Å²) in [6.45, 7) is 4.63. The van der Waals surface area contributed by atoms with Crippen LogP contribution in [0, 0.1) is 10.1 Å². The molecule has 0 amide bonds. The second kappa shape index (κ2) is 9.15. The van der Waals surface area contributed by atoms with E-state index in [4.69, 9.17) is 12.2 Å². The summed E-state index contributed by atoms with van der Waals surface area (Å²) in [4.78, 5) is 23.8. The molecule has 0 aliphatic rings. The molecule has 1 aromatic carbocycles. The zero-order chi connectivity index (χ0) is 19.1. The third-order valence-corrected chi connectivity index (χ3v) is 4.34. The molecule has 6 nitrogen and oxygen atoms in total. The van der Waals surface area contributed by atoms with Gasteiger partial charge >= 0.3 is 0 Å². The molecule has 0 radical (unpaired) electrons. The first-order chi connectivity index (χ1) is 12.5. The third kappa shape index (κ3) is 4.70. The minimum absolute atomic E-state index is 0.0519. The smallest absolute Gasteiger partial charge is 0.270 e. The highest BCUT2D eigenvalue weighted by atomic mass is 32.1. The van der Waals surface area contributed by atoms with Crippen LogP contribution in [0.25, 0.3) is 0 Å². The fourth-order valence-electron chi connectivity index (χ4n) is 2.66. The Hall–Kier alpha value is -2.67. The van der Waals surface area contributed by atoms with Crippen molar-refractivity contribution < 1.29 is 14.3 Å². The van der Waals surface area contributed by atoms with Crippen LogP contribution in [0.1, 0.15) is 42.2 Å². The van der Waals surface area contributed by atoms with E-state index >= 15 is 0 Å². The molecule has 0 unspecified atom stereocenters. The van der Waals surface area contributed by atoms with Crippen LogP contribution in [0.5, 0.6) is 0 Å². The normalized spacial score (nSPS) is 11.6. The lowest BCUT2D eigenvalue weighted by atomic mass is 10.0. The molecule has 1 atom stereocenters. The second-order valence-electron chi connectivity index (χ2n) is 5.87. The van der Waals surface area contributed by atoms with Crippen LogP contribution in [-0.2, 0) is 6.42 Å². The number of nitro benzene ring substituents is 1. The molecule has 7 heteroatoms. The summed E-state index contributed by atoms with van der Waals surface area (Å²) in [6, 6.07) is 8.86. The fourth-order valence-corrected chi connectivity index (χ4v) is 3.04. The summed E-state index contributed by atoms with van der Waals surface area (Å²) in [5.41, 5.74) is 1.52. The van der Waals surface area contributed by atoms with Crippen LogP contribution in [0.3, 0.4) is 0 Å². The molecule has 1 heterocycles. The standard InChI is InChI=1S/C19H21N3O3S/c1-3-5-14-10-12-21(13-11-14)17(19(26)20-4-2)18(23)15-6-8-16(9-7-15)22(24)25/h6-13,17H,3-5H2,1-2H3/p+1/t17-/m1/s1. The quantitative estimate of drug-likeness (QED) is 0.253. The van der Waals surface area contributed by atoms with Gasteiger partial charge in [-0.1, -0.05) is 25.6 Å². The summed E-state index contributed by atoms with van der Waals surface area (Å²) < 4.78 is 1.77. The molecule has 0 fully saturated rings. The number of aromatic nitrogens is 1. The van der Waals surface area contributed by atoms with Crippen molar-refractivity contribution in [1.29, 1.82) is 0 Å². The number of hydrogen-bond donors (Lipinski definition) is 1. The largest absolute Gasteiger partial charge is 0.374 e. The average Bonchev–Trinajstić information content (AvgIpc) is 2.64. The zero-order valence-corrected chi connectivity index (χ0v) is 15.7. The van der Waals surface area contributed by atoms with Gasteiger partial charge in [0.1, 0.15) is 0 Å². The van der Waals surface area contributed by atoms with E-state index in [2.05, 4.69) is 12.2 Å². The van der Waals surface area contributed by atoms with Crippen molar-refractivity contribution in [1.82, 2.24) is 5.32 Å². The summed E-state index contributed by atoms with van der Waals surface area (Å²) >= 11 is 5.42. The SMILES string of the molecule is CCCc1cc[n+]([C@H](C(=O)c2ccc([N+](=O)[O-])cc2)C(=S)NCC)cc1. The van der Waals surface area contributed by atoms with Gasteiger partial charge in [0.2, 0.25) is 5.78 Å². The number of Topliss-reactive ketones (excluding diaryl/α,β-unsaturated/α-hetero) is 1. The number of nitrogens with zero attached hydrogens (tertiary/aromatic N) is 2. The van der Waals surface area contributed by atoms with Gasteiger partial charge in [0, 0.05) is 36.4 Å². The number of benzene rings is 1. The molecule has 1 N–H and O–H groups in total. The van der Waals surface area contributed by atoms with Gasteiger partial charge in [0.15, 0.2) is 17.4 Å². The number of carbonyl (C=O) groups excluding carboxylic acids is 1. The first kappa shape index (κ1) is 19.7. The Morgan fingerprint density at radius 2 is 1.81 bits per heavy atom. The molecule has 136 valence electrons. The first-order valence-electron chi connectivity index (χ1n) is 8.54. The van der Waals surface area contributed by atoms with Gasteiger partial charge in [-0.25, -0.2) is 0 Å². The molecule has 0 saturated carbocycles. The van der Waals surface area contributed by atoms with E-state index in [0.717, 1.165) is 12.8 Å². The number of nitro groups is 1. The molecule has 1 aromatic heterocycles. The molecule has 2 aromatic rings. The Bertz CT molecular complexity index is 789. The number of thiocarbonyl (C=S) groups is 1. The van der Waals surface area contributed by atoms with E-state index in [1.807, 2.05) is 31.5 Å². The predicted molar refractivity (Wildman–Crippen MR) is 103 cm³/mol. The number of nitrogens with one attached hydrogen (secondary N) is 1. The van der Waals surface area contributed by atoms with Crippen LogP contribution in [0.2, 0.25) is 0 Å². The summed E-state index contributed by atoms with van der Waals surface area (Å²) in [5.74, 6) is -0.209. The van der Waals surface area contributed by atoms with Crippen molar-refractivity contribution in [2.24, 2.45) is 0 Å². The molecule has 0 aliphatic carbocycles. The first-order valence-corrected chi connectivity index (χ1v) is 8.94. The monoisotopic (exact) mass is 372 g/mol. The van der Waals surface area contributed by atoms with E-state index in [1.165, 1.54) is 29.8 Å². The average molecular weight is 372 g/mol. The minimum atomic E-state index is -0.693. The van der Waals surface area contributed by atoms with E-state index < -0.39 is 11.0 Å². The van der Waals surface area contributed by atoms with Gasteiger partial charge in [0.25, 0.3) is 11.7 Å². The Labute approximate surface area is 158 Å². The summed E-state index contributed by atoms with van der Waals surface area (Å²) in [5, 5.41) is 13.8. The number of carbonyl (C=O) groups is 1. The molecule has 0 bridgehead atoms. The summed E-state index contributed by atoms with van der Waals surface area (Å²) in [6.07, 6.45) is 5.72. The lowest BCUT2D eigenvalue weighted by Crippen LogP contribution is -2.51. The van der Waals surface area contributed by atoms with Crippen LogP contribution in [0.4, 0.5) is 5.69 Å². The summed E-state index contributed by atoms with van der Waals surface area (Å²) in [7, 11) is 0. The second-order valence-corrected chi connectivity index (χ2v) is 6.31. The van der Waals surface area contributed by atoms with E-state index in [-0.39, 0.29) is 11.5 Å². The van der Waals surface area contributed by atoms with Crippen molar-refractivity contribution in [2.45, 2.75) is 32.7 Å². The number of ketones is 1. The zero-order valence-electron chi connectivity index (χ0n) is 14.8. The predicted octanol–water partition coefficient (Wildman–Crippen LogP) is 3.20. The van der Waals surface area contributed by atoms with Gasteiger partial charge in [-0.2, -0.15) is 4.57 Å². The van der Waals surface area contributed by atoms with Crippen LogP contribution in [-0.4, -0.2) is 22.2 Å². The lowest BCUT2D eigenvalue weighted by Gasteiger charge is -2.14. The van der Waals surface area contributed by atoms with Crippen molar-refractivity contribution in [3.63, 3.8) is 0 Å². The third-order valence-electron chi connectivity index (χ3n) is 3.97. The van der Waals surface area contributed by atoms with Gasteiger partial charge in [-0.3, -0.25) is 14.9 Å². The van der Waals surface area contributed by atoms with Gasteiger partial charge in [0.05, 0.1) is 4.92 Å². The highest BCUT2D eigenvalue weighted by Gasteiger charge is 2.33. The highest BCUT2D eigenvalue weighted by molar-refractivity contribution is 7.80. The molecule has 26 heavy (non-hydrogen) atoms. The molecule has 2 rings (SSSR count). The molecular weight excluding hydrogens is 350 g/mol. The fraction of sp³-hybridized carbons (Fsp3) is 0.316. The maximum absolute atomic E-state index is 13.0. The number of likely N-dealkylation sites (N-methyl/N-ethyl adjacent to an activating group) is 1. The number of non-ortho nitro benzene ring substituents is 1. The number of aryl methyl sites for hydroxylation is 1. The molecule has 0 aliphatic heterocycles. The van der Waals surface area contributed by atoms with Gasteiger partial charge in [-0.05, 0) is 31.0 Å². The van der Waals surface area contributed by atoms with Crippen LogP contribution in [0.15, 0.2) is 48.8 Å². The van der Waals surface area contributed by atoms with E-state index in [1.54, 1.807) is 4.57 Å². The van der Waals surface area contributed by atoms with Gasteiger partial charge in [-0.15, -0.1) is 0 Å².